The van der Waals surface area contributed by atoms with Crippen molar-refractivity contribution < 1.29 is 9.90 Å². The summed E-state index contributed by atoms with van der Waals surface area (Å²) in [5.74, 6) is 0.823. The Hall–Kier alpha value is -3.47. The van der Waals surface area contributed by atoms with Gasteiger partial charge in [-0.25, -0.2) is 0 Å². The van der Waals surface area contributed by atoms with E-state index in [9.17, 15) is 20.0 Å². The maximum Gasteiger partial charge on any atom is 0.271 e. The minimum atomic E-state index is -0.516. The maximum absolute atomic E-state index is 13.7. The normalized spacial score (nSPS) is 12.4. The number of aromatic hydroxyl groups is 1. The lowest BCUT2D eigenvalue weighted by molar-refractivity contribution is 0.0685. The van der Waals surface area contributed by atoms with Gasteiger partial charge in [0.15, 0.2) is 0 Å². The van der Waals surface area contributed by atoms with Gasteiger partial charge in [0.1, 0.15) is 17.3 Å². The first kappa shape index (κ1) is 32.7. The molecular formula is C32H49N5O3. The molecule has 0 fully saturated rings. The van der Waals surface area contributed by atoms with Crippen LogP contribution in [0.5, 0.6) is 5.88 Å². The average molecular weight is 552 g/mol. The molecule has 0 spiro atoms. The van der Waals surface area contributed by atoms with Crippen molar-refractivity contribution in [3.8, 4) is 11.9 Å². The predicted molar refractivity (Wildman–Crippen MR) is 164 cm³/mol. The van der Waals surface area contributed by atoms with Gasteiger partial charge in [-0.3, -0.25) is 19.6 Å². The standard InChI is InChI=1S/C32H49N5O3/c1-7-12-14-24(9-3)21-36(22-25(10-4)15-13-8-2)30(38)26-16-18-27(19-17-26)34-35-29-23(6)28(20-33)31(39)37(11-5)32(29)40/h16-19,24-25,34-35,40H,7-15,21-22H2,1-6H3. The molecule has 0 aliphatic heterocycles. The van der Waals surface area contributed by atoms with Gasteiger partial charge in [-0.2, -0.15) is 5.26 Å². The Bertz CT molecular complexity index is 1170. The molecule has 0 saturated carbocycles. The van der Waals surface area contributed by atoms with Crippen molar-refractivity contribution in [2.75, 3.05) is 23.9 Å². The Balaban J connectivity index is 2.24. The first-order chi connectivity index (χ1) is 19.3. The van der Waals surface area contributed by atoms with Crippen LogP contribution in [0, 0.1) is 30.1 Å². The SMILES string of the molecule is CCCCC(CC)CN(CC(CC)CCCC)C(=O)c1ccc(NNc2c(C)c(C#N)c(=O)n(CC)c2O)cc1. The summed E-state index contributed by atoms with van der Waals surface area (Å²) in [6.07, 6.45) is 9.10. The van der Waals surface area contributed by atoms with E-state index in [2.05, 4.69) is 43.4 Å². The van der Waals surface area contributed by atoms with Crippen LogP contribution < -0.4 is 16.4 Å². The molecule has 2 rings (SSSR count). The number of rotatable bonds is 17. The number of benzene rings is 1. The van der Waals surface area contributed by atoms with Crippen molar-refractivity contribution in [1.82, 2.24) is 9.47 Å². The van der Waals surface area contributed by atoms with Gasteiger partial charge >= 0.3 is 0 Å². The van der Waals surface area contributed by atoms with Gasteiger partial charge in [-0.05, 0) is 62.8 Å². The second-order valence-corrected chi connectivity index (χ2v) is 10.7. The fourth-order valence-corrected chi connectivity index (χ4v) is 5.11. The molecule has 1 amide bonds. The smallest absolute Gasteiger partial charge is 0.271 e. The quantitative estimate of drug-likeness (QED) is 0.181. The summed E-state index contributed by atoms with van der Waals surface area (Å²) in [5, 5.41) is 20.1. The van der Waals surface area contributed by atoms with E-state index in [1.165, 1.54) is 12.8 Å². The monoisotopic (exact) mass is 551 g/mol. The van der Waals surface area contributed by atoms with E-state index in [4.69, 9.17) is 0 Å². The molecule has 40 heavy (non-hydrogen) atoms. The highest BCUT2D eigenvalue weighted by Crippen LogP contribution is 2.28. The van der Waals surface area contributed by atoms with Crippen LogP contribution in [0.15, 0.2) is 29.1 Å². The third-order valence-electron chi connectivity index (χ3n) is 7.91. The number of anilines is 2. The molecule has 0 radical (unpaired) electrons. The molecule has 2 aromatic rings. The van der Waals surface area contributed by atoms with E-state index in [-0.39, 0.29) is 29.6 Å². The Morgan fingerprint density at radius 3 is 1.98 bits per heavy atom. The van der Waals surface area contributed by atoms with Gasteiger partial charge in [-0.15, -0.1) is 0 Å². The molecule has 2 unspecified atom stereocenters. The summed E-state index contributed by atoms with van der Waals surface area (Å²) in [6.45, 7) is 14.0. The summed E-state index contributed by atoms with van der Waals surface area (Å²) in [6, 6.07) is 9.20. The third kappa shape index (κ3) is 8.51. The van der Waals surface area contributed by atoms with Gasteiger partial charge in [0.25, 0.3) is 11.5 Å². The molecule has 1 heterocycles. The third-order valence-corrected chi connectivity index (χ3v) is 7.91. The Morgan fingerprint density at radius 1 is 0.975 bits per heavy atom. The molecule has 1 aromatic heterocycles. The Kier molecular flexibility index (Phi) is 13.6. The van der Waals surface area contributed by atoms with Crippen LogP contribution >= 0.6 is 0 Å². The average Bonchev–Trinajstić information content (AvgIpc) is 2.96. The number of nitrogens with one attached hydrogen (secondary N) is 2. The molecule has 8 nitrogen and oxygen atoms in total. The van der Waals surface area contributed by atoms with Crippen molar-refractivity contribution in [3.63, 3.8) is 0 Å². The molecule has 3 N–H and O–H groups in total. The molecule has 2 atom stereocenters. The van der Waals surface area contributed by atoms with Gasteiger partial charge in [-0.1, -0.05) is 66.2 Å². The number of hydrazine groups is 1. The zero-order valence-corrected chi connectivity index (χ0v) is 25.3. The fourth-order valence-electron chi connectivity index (χ4n) is 5.11. The minimum absolute atomic E-state index is 0.0152. The van der Waals surface area contributed by atoms with Crippen LogP contribution in [0.1, 0.15) is 107 Å². The van der Waals surface area contributed by atoms with Crippen LogP contribution in [0.25, 0.3) is 0 Å². The first-order valence-corrected chi connectivity index (χ1v) is 15.0. The van der Waals surface area contributed by atoms with Gasteiger partial charge in [0, 0.05) is 30.8 Å². The maximum atomic E-state index is 13.7. The number of amides is 1. The molecule has 220 valence electrons. The highest BCUT2D eigenvalue weighted by molar-refractivity contribution is 5.94. The van der Waals surface area contributed by atoms with Gasteiger partial charge in [0.05, 0.1) is 5.69 Å². The van der Waals surface area contributed by atoms with E-state index in [1.54, 1.807) is 13.8 Å². The molecular weight excluding hydrogens is 502 g/mol. The van der Waals surface area contributed by atoms with Gasteiger partial charge in [0.2, 0.25) is 5.88 Å². The summed E-state index contributed by atoms with van der Waals surface area (Å²) in [5.41, 5.74) is 7.40. The molecule has 0 bridgehead atoms. The second-order valence-electron chi connectivity index (χ2n) is 10.7. The summed E-state index contributed by atoms with van der Waals surface area (Å²) < 4.78 is 1.15. The van der Waals surface area contributed by atoms with Crippen molar-refractivity contribution in [1.29, 1.82) is 5.26 Å². The lowest BCUT2D eigenvalue weighted by atomic mass is 9.95. The number of hydrogen-bond donors (Lipinski definition) is 3. The highest BCUT2D eigenvalue weighted by Gasteiger charge is 2.23. The van der Waals surface area contributed by atoms with Crippen molar-refractivity contribution >= 4 is 17.3 Å². The van der Waals surface area contributed by atoms with Crippen LogP contribution in [-0.4, -0.2) is 33.6 Å². The van der Waals surface area contributed by atoms with E-state index < -0.39 is 5.56 Å². The van der Waals surface area contributed by atoms with E-state index in [0.717, 1.165) is 56.2 Å². The number of pyridine rings is 1. The summed E-state index contributed by atoms with van der Waals surface area (Å²) in [4.78, 5) is 28.2. The topological polar surface area (TPSA) is 110 Å². The Morgan fingerprint density at radius 2 is 1.52 bits per heavy atom. The highest BCUT2D eigenvalue weighted by atomic mass is 16.3. The molecule has 0 aliphatic carbocycles. The molecule has 0 saturated heterocycles. The summed E-state index contributed by atoms with van der Waals surface area (Å²) in [7, 11) is 0. The number of hydrogen-bond acceptors (Lipinski definition) is 6. The minimum Gasteiger partial charge on any atom is -0.493 e. The number of carbonyl (C=O) groups excluding carboxylic acids is 1. The van der Waals surface area contributed by atoms with Crippen LogP contribution in [0.4, 0.5) is 11.4 Å². The van der Waals surface area contributed by atoms with Crippen LogP contribution in [0.2, 0.25) is 0 Å². The van der Waals surface area contributed by atoms with E-state index >= 15 is 0 Å². The molecule has 1 aromatic carbocycles. The number of aromatic nitrogens is 1. The lowest BCUT2D eigenvalue weighted by Crippen LogP contribution is -2.39. The second kappa shape index (κ2) is 16.6. The van der Waals surface area contributed by atoms with Crippen LogP contribution in [0.3, 0.4) is 0 Å². The van der Waals surface area contributed by atoms with Gasteiger partial charge < -0.3 is 15.4 Å². The summed E-state index contributed by atoms with van der Waals surface area (Å²) >= 11 is 0. The van der Waals surface area contributed by atoms with E-state index in [0.29, 0.717) is 28.7 Å². The van der Waals surface area contributed by atoms with Crippen molar-refractivity contribution in [2.24, 2.45) is 11.8 Å². The first-order valence-electron chi connectivity index (χ1n) is 15.0. The van der Waals surface area contributed by atoms with Crippen molar-refractivity contribution in [2.45, 2.75) is 99.5 Å². The number of carbonyl (C=O) groups is 1. The number of nitriles is 1. The Labute approximate surface area is 240 Å². The zero-order valence-electron chi connectivity index (χ0n) is 25.3. The molecule has 8 heteroatoms. The number of unbranched alkanes of at least 4 members (excludes halogenated alkanes) is 2. The van der Waals surface area contributed by atoms with Crippen molar-refractivity contribution in [3.05, 3.63) is 51.3 Å². The largest absolute Gasteiger partial charge is 0.493 e. The van der Waals surface area contributed by atoms with Crippen LogP contribution in [-0.2, 0) is 6.54 Å². The molecule has 0 aliphatic rings. The lowest BCUT2D eigenvalue weighted by Gasteiger charge is -2.31. The fraction of sp³-hybridized carbons (Fsp3) is 0.594. The number of nitrogens with zero attached hydrogens (tertiary/aromatic N) is 3. The predicted octanol–water partition coefficient (Wildman–Crippen LogP) is 7.07. The zero-order chi connectivity index (χ0) is 29.7. The van der Waals surface area contributed by atoms with E-state index in [1.807, 2.05) is 30.3 Å².